The van der Waals surface area contributed by atoms with Crippen LogP contribution in [0.2, 0.25) is 0 Å². The van der Waals surface area contributed by atoms with Crippen molar-refractivity contribution in [2.24, 2.45) is 0 Å². The Bertz CT molecular complexity index is 901. The molecule has 5 nitrogen and oxygen atoms in total. The van der Waals surface area contributed by atoms with Crippen LogP contribution in [0.5, 0.6) is 0 Å². The normalized spacial score (nSPS) is 10.7. The van der Waals surface area contributed by atoms with Gasteiger partial charge in [0.25, 0.3) is 5.91 Å². The summed E-state index contributed by atoms with van der Waals surface area (Å²) in [6, 6.07) is 13.6. The number of aromatic nitrogens is 2. The van der Waals surface area contributed by atoms with Crippen LogP contribution in [0.3, 0.4) is 0 Å². The molecular weight excluding hydrogens is 314 g/mol. The Morgan fingerprint density at radius 3 is 2.44 bits per heavy atom. The molecule has 0 aliphatic heterocycles. The summed E-state index contributed by atoms with van der Waals surface area (Å²) in [4.78, 5) is 18.7. The minimum Gasteiger partial charge on any atom is -0.337 e. The SMILES string of the molecule is Cc1cc(C)c(C(=O)N(C)Cc2nc(-c3ccccc3)no2)cc1C. The maximum Gasteiger partial charge on any atom is 0.254 e. The Labute approximate surface area is 147 Å². The average molecular weight is 335 g/mol. The van der Waals surface area contributed by atoms with Gasteiger partial charge in [0, 0.05) is 18.2 Å². The fourth-order valence-corrected chi connectivity index (χ4v) is 2.69. The smallest absolute Gasteiger partial charge is 0.254 e. The second-order valence-electron chi connectivity index (χ2n) is 6.29. The van der Waals surface area contributed by atoms with E-state index in [1.165, 1.54) is 5.56 Å². The average Bonchev–Trinajstić information content (AvgIpc) is 3.07. The summed E-state index contributed by atoms with van der Waals surface area (Å²) in [5.74, 6) is 0.884. The van der Waals surface area contributed by atoms with Crippen molar-refractivity contribution in [1.29, 1.82) is 0 Å². The molecule has 25 heavy (non-hydrogen) atoms. The zero-order valence-corrected chi connectivity index (χ0v) is 14.9. The molecule has 0 aliphatic rings. The first-order chi connectivity index (χ1) is 12.0. The minimum absolute atomic E-state index is 0.0555. The van der Waals surface area contributed by atoms with Gasteiger partial charge in [0.1, 0.15) is 0 Å². The van der Waals surface area contributed by atoms with Crippen LogP contribution in [0.25, 0.3) is 11.4 Å². The molecule has 0 atom stereocenters. The molecule has 0 radical (unpaired) electrons. The lowest BCUT2D eigenvalue weighted by Crippen LogP contribution is -2.27. The van der Waals surface area contributed by atoms with Crippen molar-refractivity contribution in [2.45, 2.75) is 27.3 Å². The number of nitrogens with zero attached hydrogens (tertiary/aromatic N) is 3. The molecule has 3 aromatic rings. The lowest BCUT2D eigenvalue weighted by molar-refractivity contribution is 0.0768. The monoisotopic (exact) mass is 335 g/mol. The van der Waals surface area contributed by atoms with E-state index in [2.05, 4.69) is 10.1 Å². The van der Waals surface area contributed by atoms with Gasteiger partial charge in [-0.05, 0) is 43.5 Å². The number of benzene rings is 2. The van der Waals surface area contributed by atoms with Crippen LogP contribution in [0, 0.1) is 20.8 Å². The van der Waals surface area contributed by atoms with Crippen molar-refractivity contribution in [3.8, 4) is 11.4 Å². The lowest BCUT2D eigenvalue weighted by atomic mass is 10.00. The Morgan fingerprint density at radius 2 is 1.72 bits per heavy atom. The van der Waals surface area contributed by atoms with E-state index in [4.69, 9.17) is 4.52 Å². The van der Waals surface area contributed by atoms with E-state index in [-0.39, 0.29) is 12.5 Å². The first-order valence-electron chi connectivity index (χ1n) is 8.17. The van der Waals surface area contributed by atoms with E-state index in [9.17, 15) is 4.79 Å². The predicted octanol–water partition coefficient (Wildman–Crippen LogP) is 3.93. The summed E-state index contributed by atoms with van der Waals surface area (Å²) in [5.41, 5.74) is 4.84. The number of hydrogen-bond acceptors (Lipinski definition) is 4. The fraction of sp³-hybridized carbons (Fsp3) is 0.250. The highest BCUT2D eigenvalue weighted by Crippen LogP contribution is 2.19. The molecule has 128 valence electrons. The summed E-state index contributed by atoms with van der Waals surface area (Å²) in [5, 5.41) is 3.99. The Kier molecular flexibility index (Phi) is 4.65. The number of hydrogen-bond donors (Lipinski definition) is 0. The summed E-state index contributed by atoms with van der Waals surface area (Å²) in [6.45, 7) is 6.28. The Morgan fingerprint density at radius 1 is 1.04 bits per heavy atom. The maximum absolute atomic E-state index is 12.7. The lowest BCUT2D eigenvalue weighted by Gasteiger charge is -2.17. The molecule has 1 amide bonds. The van der Waals surface area contributed by atoms with Gasteiger partial charge in [-0.1, -0.05) is 41.6 Å². The first-order valence-corrected chi connectivity index (χ1v) is 8.17. The highest BCUT2D eigenvalue weighted by Gasteiger charge is 2.18. The zero-order chi connectivity index (χ0) is 18.0. The molecule has 1 heterocycles. The van der Waals surface area contributed by atoms with Crippen molar-refractivity contribution in [2.75, 3.05) is 7.05 Å². The van der Waals surface area contributed by atoms with E-state index >= 15 is 0 Å². The van der Waals surface area contributed by atoms with Gasteiger partial charge in [-0.3, -0.25) is 4.79 Å². The highest BCUT2D eigenvalue weighted by molar-refractivity contribution is 5.95. The van der Waals surface area contributed by atoms with Gasteiger partial charge in [-0.15, -0.1) is 0 Å². The first kappa shape index (κ1) is 16.9. The summed E-state index contributed by atoms with van der Waals surface area (Å²) in [7, 11) is 1.74. The topological polar surface area (TPSA) is 59.2 Å². The van der Waals surface area contributed by atoms with Crippen LogP contribution in [-0.4, -0.2) is 28.0 Å². The van der Waals surface area contributed by atoms with Crippen LogP contribution < -0.4 is 0 Å². The van der Waals surface area contributed by atoms with Gasteiger partial charge in [0.2, 0.25) is 11.7 Å². The second-order valence-corrected chi connectivity index (χ2v) is 6.29. The van der Waals surface area contributed by atoms with Crippen molar-refractivity contribution >= 4 is 5.91 Å². The minimum atomic E-state index is -0.0555. The van der Waals surface area contributed by atoms with E-state index in [1.807, 2.05) is 63.2 Å². The van der Waals surface area contributed by atoms with Crippen LogP contribution in [-0.2, 0) is 6.54 Å². The fourth-order valence-electron chi connectivity index (χ4n) is 2.69. The third-order valence-electron chi connectivity index (χ3n) is 4.29. The molecule has 0 unspecified atom stereocenters. The Balaban J connectivity index is 1.76. The molecule has 0 saturated heterocycles. The number of amides is 1. The molecule has 0 N–H and O–H groups in total. The number of rotatable bonds is 4. The van der Waals surface area contributed by atoms with Gasteiger partial charge < -0.3 is 9.42 Å². The van der Waals surface area contributed by atoms with E-state index in [0.29, 0.717) is 17.3 Å². The second kappa shape index (κ2) is 6.89. The summed E-state index contributed by atoms with van der Waals surface area (Å²) >= 11 is 0. The molecule has 0 fully saturated rings. The van der Waals surface area contributed by atoms with Crippen LogP contribution in [0.1, 0.15) is 32.9 Å². The van der Waals surface area contributed by atoms with Gasteiger partial charge in [-0.25, -0.2) is 0 Å². The molecule has 3 rings (SSSR count). The van der Waals surface area contributed by atoms with Crippen molar-refractivity contribution < 1.29 is 9.32 Å². The van der Waals surface area contributed by atoms with Crippen molar-refractivity contribution in [3.05, 3.63) is 70.6 Å². The standard InChI is InChI=1S/C20H21N3O2/c1-13-10-15(3)17(11-14(13)2)20(24)23(4)12-18-21-19(22-25-18)16-8-6-5-7-9-16/h5-11H,12H2,1-4H3. The maximum atomic E-state index is 12.7. The third kappa shape index (κ3) is 3.60. The molecular formula is C20H21N3O2. The summed E-state index contributed by atoms with van der Waals surface area (Å²) < 4.78 is 5.29. The largest absolute Gasteiger partial charge is 0.337 e. The molecule has 0 spiro atoms. The predicted molar refractivity (Wildman–Crippen MR) is 96.2 cm³/mol. The van der Waals surface area contributed by atoms with Crippen LogP contribution in [0.15, 0.2) is 47.0 Å². The number of carbonyl (C=O) groups excluding carboxylic acids is 1. The van der Waals surface area contributed by atoms with Crippen LogP contribution in [0.4, 0.5) is 0 Å². The van der Waals surface area contributed by atoms with Crippen molar-refractivity contribution in [1.82, 2.24) is 15.0 Å². The Hall–Kier alpha value is -2.95. The number of aryl methyl sites for hydroxylation is 3. The number of carbonyl (C=O) groups is 1. The van der Waals surface area contributed by atoms with Gasteiger partial charge >= 0.3 is 0 Å². The van der Waals surface area contributed by atoms with E-state index < -0.39 is 0 Å². The summed E-state index contributed by atoms with van der Waals surface area (Å²) in [6.07, 6.45) is 0. The van der Waals surface area contributed by atoms with E-state index in [1.54, 1.807) is 11.9 Å². The van der Waals surface area contributed by atoms with Crippen LogP contribution >= 0.6 is 0 Å². The molecule has 2 aromatic carbocycles. The van der Waals surface area contributed by atoms with Crippen molar-refractivity contribution in [3.63, 3.8) is 0 Å². The molecule has 0 aliphatic carbocycles. The highest BCUT2D eigenvalue weighted by atomic mass is 16.5. The molecule has 1 aromatic heterocycles. The van der Waals surface area contributed by atoms with Gasteiger partial charge in [0.15, 0.2) is 0 Å². The van der Waals surface area contributed by atoms with E-state index in [0.717, 1.165) is 16.7 Å². The molecule has 0 saturated carbocycles. The van der Waals surface area contributed by atoms with Gasteiger partial charge in [-0.2, -0.15) is 4.98 Å². The third-order valence-corrected chi connectivity index (χ3v) is 4.29. The zero-order valence-electron chi connectivity index (χ0n) is 14.9. The van der Waals surface area contributed by atoms with Gasteiger partial charge in [0.05, 0.1) is 6.54 Å². The quantitative estimate of drug-likeness (QED) is 0.725. The molecule has 0 bridgehead atoms. The molecule has 5 heteroatoms.